The van der Waals surface area contributed by atoms with Gasteiger partial charge in [0, 0.05) is 0 Å². The van der Waals surface area contributed by atoms with E-state index in [1.54, 1.807) is 30.3 Å². The third kappa shape index (κ3) is 2.13. The molecule has 2 atom stereocenters. The molecule has 0 bridgehead atoms. The lowest BCUT2D eigenvalue weighted by atomic mass is 10.1. The van der Waals surface area contributed by atoms with Gasteiger partial charge in [0.15, 0.2) is 6.10 Å². The van der Waals surface area contributed by atoms with Crippen LogP contribution in [0.3, 0.4) is 0 Å². The molecule has 0 N–H and O–H groups in total. The minimum absolute atomic E-state index is 0.246. The number of carbonyl (C=O) groups excluding carboxylic acids is 2. The van der Waals surface area contributed by atoms with Crippen LogP contribution in [0.2, 0.25) is 0 Å². The van der Waals surface area contributed by atoms with Crippen molar-refractivity contribution in [3.05, 3.63) is 35.9 Å². The summed E-state index contributed by atoms with van der Waals surface area (Å²) in [6.07, 6.45) is -1.19. The molecule has 0 amide bonds. The van der Waals surface area contributed by atoms with Crippen molar-refractivity contribution in [3.8, 4) is 0 Å². The summed E-state index contributed by atoms with van der Waals surface area (Å²) in [5, 5.41) is 0. The Morgan fingerprint density at radius 1 is 1.47 bits per heavy atom. The highest BCUT2D eigenvalue weighted by atomic mass is 19.1. The van der Waals surface area contributed by atoms with Crippen molar-refractivity contribution in [1.29, 1.82) is 0 Å². The number of benzene rings is 1. The Labute approximate surface area is 97.3 Å². The molecule has 1 aliphatic rings. The number of hydrogen-bond donors (Lipinski definition) is 0. The van der Waals surface area contributed by atoms with Crippen molar-refractivity contribution in [2.24, 2.45) is 0 Å². The van der Waals surface area contributed by atoms with E-state index >= 15 is 0 Å². The molecule has 0 saturated carbocycles. The summed E-state index contributed by atoms with van der Waals surface area (Å²) in [4.78, 5) is 22.7. The second kappa shape index (κ2) is 4.16. The van der Waals surface area contributed by atoms with Crippen LogP contribution in [0, 0.1) is 0 Å². The van der Waals surface area contributed by atoms with E-state index in [2.05, 4.69) is 4.74 Å². The highest BCUT2D eigenvalue weighted by Gasteiger charge is 2.52. The van der Waals surface area contributed by atoms with E-state index in [1.165, 1.54) is 0 Å². The van der Waals surface area contributed by atoms with Crippen LogP contribution in [0.1, 0.15) is 17.3 Å². The summed E-state index contributed by atoms with van der Waals surface area (Å²) in [7, 11) is 0. The lowest BCUT2D eigenvalue weighted by molar-refractivity contribution is -0.147. The molecular formula is C12H11FO4. The third-order valence-corrected chi connectivity index (χ3v) is 2.63. The van der Waals surface area contributed by atoms with E-state index in [0.717, 1.165) is 6.92 Å². The number of esters is 2. The summed E-state index contributed by atoms with van der Waals surface area (Å²) >= 11 is 0. The average molecular weight is 238 g/mol. The smallest absolute Gasteiger partial charge is 0.347 e. The number of carbonyl (C=O) groups is 2. The largest absolute Gasteiger partial charge is 0.459 e. The highest BCUT2D eigenvalue weighted by molar-refractivity contribution is 5.90. The van der Waals surface area contributed by atoms with Crippen LogP contribution in [-0.4, -0.2) is 30.3 Å². The Morgan fingerprint density at radius 3 is 2.65 bits per heavy atom. The Hall–Kier alpha value is -1.91. The minimum Gasteiger partial charge on any atom is -0.459 e. The average Bonchev–Trinajstić information content (AvgIpc) is 2.57. The van der Waals surface area contributed by atoms with Gasteiger partial charge < -0.3 is 9.47 Å². The third-order valence-electron chi connectivity index (χ3n) is 2.63. The van der Waals surface area contributed by atoms with Gasteiger partial charge in [-0.1, -0.05) is 18.2 Å². The van der Waals surface area contributed by atoms with Crippen LogP contribution in [0.25, 0.3) is 0 Å². The fourth-order valence-corrected chi connectivity index (χ4v) is 1.50. The van der Waals surface area contributed by atoms with E-state index in [4.69, 9.17) is 4.74 Å². The second-order valence-electron chi connectivity index (χ2n) is 3.93. The molecule has 2 rings (SSSR count). The first kappa shape index (κ1) is 11.6. The molecule has 1 heterocycles. The summed E-state index contributed by atoms with van der Waals surface area (Å²) < 4.78 is 23.2. The quantitative estimate of drug-likeness (QED) is 0.732. The molecule has 1 fully saturated rings. The number of rotatable bonds is 2. The summed E-state index contributed by atoms with van der Waals surface area (Å²) in [6, 6.07) is 8.19. The Bertz CT molecular complexity index is 441. The summed E-state index contributed by atoms with van der Waals surface area (Å²) in [5.41, 5.74) is -1.97. The first-order chi connectivity index (χ1) is 8.01. The topological polar surface area (TPSA) is 52.6 Å². The monoisotopic (exact) mass is 238 g/mol. The molecular weight excluding hydrogens is 227 g/mol. The van der Waals surface area contributed by atoms with Crippen LogP contribution < -0.4 is 0 Å². The van der Waals surface area contributed by atoms with E-state index in [1.807, 2.05) is 0 Å². The molecule has 1 aliphatic heterocycles. The van der Waals surface area contributed by atoms with Crippen LogP contribution in [-0.2, 0) is 14.3 Å². The van der Waals surface area contributed by atoms with E-state index in [-0.39, 0.29) is 6.61 Å². The lowest BCUT2D eigenvalue weighted by Gasteiger charge is -2.17. The van der Waals surface area contributed by atoms with Crippen molar-refractivity contribution < 1.29 is 23.5 Å². The highest BCUT2D eigenvalue weighted by Crippen LogP contribution is 2.27. The van der Waals surface area contributed by atoms with Crippen LogP contribution in [0.5, 0.6) is 0 Å². The number of hydrogen-bond acceptors (Lipinski definition) is 4. The van der Waals surface area contributed by atoms with Gasteiger partial charge in [-0.05, 0) is 19.1 Å². The number of halogens is 1. The molecule has 1 aromatic rings. The molecule has 90 valence electrons. The molecule has 0 aliphatic carbocycles. The second-order valence-corrected chi connectivity index (χ2v) is 3.93. The predicted octanol–water partition coefficient (Wildman–Crippen LogP) is 1.50. The van der Waals surface area contributed by atoms with Gasteiger partial charge >= 0.3 is 11.9 Å². The van der Waals surface area contributed by atoms with Crippen molar-refractivity contribution in [2.45, 2.75) is 18.7 Å². The molecule has 5 heteroatoms. The normalized spacial score (nSPS) is 27.6. The van der Waals surface area contributed by atoms with Crippen LogP contribution in [0.15, 0.2) is 30.3 Å². The zero-order chi connectivity index (χ0) is 12.5. The van der Waals surface area contributed by atoms with Gasteiger partial charge in [-0.15, -0.1) is 0 Å². The molecule has 17 heavy (non-hydrogen) atoms. The number of alkyl halides is 1. The van der Waals surface area contributed by atoms with E-state index in [9.17, 15) is 14.0 Å². The van der Waals surface area contributed by atoms with Crippen molar-refractivity contribution >= 4 is 11.9 Å². The molecule has 4 nitrogen and oxygen atoms in total. The Morgan fingerprint density at radius 2 is 2.12 bits per heavy atom. The standard InChI is InChI=1S/C12H11FO4/c1-12(13)9(7-16-11(12)15)17-10(14)8-5-3-2-4-6-8/h2-6,9H,7H2,1H3/t9-,12-/m1/s1. The maximum atomic E-state index is 13.8. The Kier molecular flexibility index (Phi) is 2.83. The fraction of sp³-hybridized carbons (Fsp3) is 0.333. The van der Waals surface area contributed by atoms with Gasteiger partial charge in [-0.25, -0.2) is 14.0 Å². The molecule has 0 aromatic heterocycles. The maximum absolute atomic E-state index is 13.8. The molecule has 1 saturated heterocycles. The predicted molar refractivity (Wildman–Crippen MR) is 56.1 cm³/mol. The van der Waals surface area contributed by atoms with E-state index < -0.39 is 23.7 Å². The molecule has 0 unspecified atom stereocenters. The van der Waals surface area contributed by atoms with Crippen LogP contribution in [0.4, 0.5) is 4.39 Å². The summed E-state index contributed by atoms with van der Waals surface area (Å²) in [5.74, 6) is -1.67. The van der Waals surface area contributed by atoms with Gasteiger partial charge in [-0.3, -0.25) is 0 Å². The first-order valence-corrected chi connectivity index (χ1v) is 5.14. The SMILES string of the molecule is C[C@]1(F)C(=O)OC[C@H]1OC(=O)c1ccccc1. The molecule has 0 radical (unpaired) electrons. The van der Waals surface area contributed by atoms with Gasteiger partial charge in [0.2, 0.25) is 5.67 Å². The number of cyclic esters (lactones) is 1. The minimum atomic E-state index is -2.27. The number of ether oxygens (including phenoxy) is 2. The van der Waals surface area contributed by atoms with Gasteiger partial charge in [0.1, 0.15) is 6.61 Å². The van der Waals surface area contributed by atoms with Crippen molar-refractivity contribution in [3.63, 3.8) is 0 Å². The van der Waals surface area contributed by atoms with Crippen molar-refractivity contribution in [2.75, 3.05) is 6.61 Å². The van der Waals surface area contributed by atoms with Crippen LogP contribution >= 0.6 is 0 Å². The van der Waals surface area contributed by atoms with Gasteiger partial charge in [0.05, 0.1) is 5.56 Å². The van der Waals surface area contributed by atoms with Crippen molar-refractivity contribution in [1.82, 2.24) is 0 Å². The van der Waals surface area contributed by atoms with Gasteiger partial charge in [0.25, 0.3) is 0 Å². The molecule has 1 aromatic carbocycles. The zero-order valence-corrected chi connectivity index (χ0v) is 9.18. The lowest BCUT2D eigenvalue weighted by Crippen LogP contribution is -2.39. The molecule has 0 spiro atoms. The fourth-order valence-electron chi connectivity index (χ4n) is 1.50. The maximum Gasteiger partial charge on any atom is 0.347 e. The first-order valence-electron chi connectivity index (χ1n) is 5.14. The zero-order valence-electron chi connectivity index (χ0n) is 9.18. The Balaban J connectivity index is 2.08. The summed E-state index contributed by atoms with van der Waals surface area (Å²) in [6.45, 7) is 0.801. The van der Waals surface area contributed by atoms with E-state index in [0.29, 0.717) is 5.56 Å². The van der Waals surface area contributed by atoms with Gasteiger partial charge in [-0.2, -0.15) is 0 Å².